The highest BCUT2D eigenvalue weighted by Gasteiger charge is 2.26. The Morgan fingerprint density at radius 3 is 2.30 bits per heavy atom. The first-order chi connectivity index (χ1) is 16.1. The molecule has 0 amide bonds. The molecule has 0 bridgehead atoms. The summed E-state index contributed by atoms with van der Waals surface area (Å²) in [4.78, 5) is 33.4. The van der Waals surface area contributed by atoms with E-state index >= 15 is 0 Å². The summed E-state index contributed by atoms with van der Waals surface area (Å²) >= 11 is 0. The van der Waals surface area contributed by atoms with Crippen molar-refractivity contribution in [3.63, 3.8) is 0 Å². The van der Waals surface area contributed by atoms with Crippen LogP contribution in [-0.4, -0.2) is 25.2 Å². The Kier molecular flexibility index (Phi) is 7.36. The van der Waals surface area contributed by atoms with E-state index < -0.39 is 0 Å². The molecular formula is C26H37N5O2. The molecule has 178 valence electrons. The third kappa shape index (κ3) is 4.63. The summed E-state index contributed by atoms with van der Waals surface area (Å²) in [6.07, 6.45) is 9.99. The van der Waals surface area contributed by atoms with Crippen molar-refractivity contribution in [1.29, 1.82) is 0 Å². The lowest BCUT2D eigenvalue weighted by Crippen LogP contribution is -2.40. The lowest BCUT2D eigenvalue weighted by molar-refractivity contribution is 0.521. The number of rotatable bonds is 10. The molecule has 2 aromatic heterocycles. The lowest BCUT2D eigenvalue weighted by atomic mass is 10.1. The first-order valence-corrected chi connectivity index (χ1v) is 12.6. The van der Waals surface area contributed by atoms with Crippen LogP contribution >= 0.6 is 0 Å². The minimum Gasteiger partial charge on any atom is -0.312 e. The molecule has 0 radical (unpaired) electrons. The molecule has 4 rings (SSSR count). The smallest absolute Gasteiger partial charge is 0.312 e. The van der Waals surface area contributed by atoms with Gasteiger partial charge in [-0.3, -0.25) is 13.9 Å². The quantitative estimate of drug-likeness (QED) is 0.417. The predicted octanol–water partition coefficient (Wildman–Crippen LogP) is 4.75. The number of hydrogen-bond donors (Lipinski definition) is 0. The molecule has 7 heteroatoms. The second-order valence-corrected chi connectivity index (χ2v) is 9.18. The zero-order valence-corrected chi connectivity index (χ0v) is 20.3. The van der Waals surface area contributed by atoms with Crippen molar-refractivity contribution in [3.8, 4) is 0 Å². The molecular weight excluding hydrogens is 414 g/mol. The summed E-state index contributed by atoms with van der Waals surface area (Å²) in [6.45, 7) is 6.41. The molecule has 0 N–H and O–H groups in total. The Bertz CT molecular complexity index is 1200. The largest absolute Gasteiger partial charge is 0.332 e. The van der Waals surface area contributed by atoms with Crippen LogP contribution in [0.3, 0.4) is 0 Å². The first-order valence-electron chi connectivity index (χ1n) is 12.6. The number of aromatic nitrogens is 4. The number of unbranched alkanes of at least 4 members (excludes halogenated alkanes) is 6. The number of hydrogen-bond acceptors (Lipinski definition) is 4. The Morgan fingerprint density at radius 2 is 1.61 bits per heavy atom. The average Bonchev–Trinajstić information content (AvgIpc) is 3.24. The van der Waals surface area contributed by atoms with E-state index in [9.17, 15) is 9.59 Å². The van der Waals surface area contributed by atoms with Gasteiger partial charge in [-0.25, -0.2) is 4.79 Å². The molecule has 1 aliphatic rings. The molecule has 33 heavy (non-hydrogen) atoms. The van der Waals surface area contributed by atoms with Crippen molar-refractivity contribution in [3.05, 3.63) is 50.7 Å². The second kappa shape index (κ2) is 10.4. The van der Waals surface area contributed by atoms with Gasteiger partial charge in [-0.05, 0) is 37.0 Å². The number of benzene rings is 1. The maximum Gasteiger partial charge on any atom is 0.332 e. The van der Waals surface area contributed by atoms with Crippen LogP contribution in [-0.2, 0) is 26.6 Å². The molecule has 0 aliphatic carbocycles. The summed E-state index contributed by atoms with van der Waals surface area (Å²) in [7, 11) is 1.73. The van der Waals surface area contributed by atoms with Gasteiger partial charge in [0.05, 0.1) is 0 Å². The topological polar surface area (TPSA) is 65.1 Å². The molecule has 1 aromatic carbocycles. The van der Waals surface area contributed by atoms with Gasteiger partial charge in [-0.1, -0.05) is 64.5 Å². The van der Waals surface area contributed by atoms with E-state index in [4.69, 9.17) is 4.98 Å². The number of anilines is 2. The van der Waals surface area contributed by atoms with E-state index in [1.807, 2.05) is 4.57 Å². The van der Waals surface area contributed by atoms with Gasteiger partial charge in [-0.15, -0.1) is 0 Å². The highest BCUT2D eigenvalue weighted by Crippen LogP contribution is 2.31. The van der Waals surface area contributed by atoms with Crippen LogP contribution < -0.4 is 16.1 Å². The van der Waals surface area contributed by atoms with Crippen molar-refractivity contribution < 1.29 is 0 Å². The molecule has 0 unspecified atom stereocenters. The highest BCUT2D eigenvalue weighted by molar-refractivity contribution is 5.77. The van der Waals surface area contributed by atoms with Crippen molar-refractivity contribution in [1.82, 2.24) is 18.7 Å². The fourth-order valence-corrected chi connectivity index (χ4v) is 4.85. The van der Waals surface area contributed by atoms with Gasteiger partial charge in [0.1, 0.15) is 0 Å². The molecule has 0 saturated carbocycles. The van der Waals surface area contributed by atoms with E-state index in [1.165, 1.54) is 35.8 Å². The van der Waals surface area contributed by atoms with Gasteiger partial charge in [-0.2, -0.15) is 4.98 Å². The van der Waals surface area contributed by atoms with Crippen molar-refractivity contribution in [2.45, 2.75) is 84.7 Å². The molecule has 0 spiro atoms. The van der Waals surface area contributed by atoms with Gasteiger partial charge in [0.15, 0.2) is 11.2 Å². The normalized spacial score (nSPS) is 13.6. The average molecular weight is 452 g/mol. The lowest BCUT2D eigenvalue weighted by Gasteiger charge is -2.29. The standard InChI is InChI=1S/C26H37N5O2/c1-4-6-7-8-9-10-11-17-31-24(32)22-23(28(3)26(31)33)27-25-29(18-12-19-30(22)25)21-15-13-20(5-2)14-16-21/h13-16H,4-12,17-19H2,1-3H3. The number of imidazole rings is 1. The Morgan fingerprint density at radius 1 is 0.909 bits per heavy atom. The Balaban J connectivity index is 1.63. The van der Waals surface area contributed by atoms with Gasteiger partial charge >= 0.3 is 5.69 Å². The SMILES string of the molecule is CCCCCCCCCn1c(=O)c2c(nc3n2CCCN3c2ccc(CC)cc2)n(C)c1=O. The van der Waals surface area contributed by atoms with E-state index in [-0.39, 0.29) is 11.2 Å². The van der Waals surface area contributed by atoms with Crippen molar-refractivity contribution >= 4 is 22.8 Å². The first kappa shape index (κ1) is 23.3. The molecule has 0 saturated heterocycles. The van der Waals surface area contributed by atoms with E-state index in [0.29, 0.717) is 17.7 Å². The van der Waals surface area contributed by atoms with Crippen LogP contribution in [0, 0.1) is 0 Å². The minimum atomic E-state index is -0.271. The molecule has 3 heterocycles. The van der Waals surface area contributed by atoms with E-state index in [2.05, 4.69) is 43.0 Å². The van der Waals surface area contributed by atoms with Crippen molar-refractivity contribution in [2.75, 3.05) is 11.4 Å². The summed E-state index contributed by atoms with van der Waals surface area (Å²) < 4.78 is 4.97. The van der Waals surface area contributed by atoms with Gasteiger partial charge in [0.2, 0.25) is 5.95 Å². The summed E-state index contributed by atoms with van der Waals surface area (Å²) in [5, 5.41) is 0. The molecule has 0 atom stereocenters. The maximum atomic E-state index is 13.4. The van der Waals surface area contributed by atoms with Crippen LogP contribution in [0.1, 0.15) is 70.8 Å². The summed E-state index contributed by atoms with van der Waals surface area (Å²) in [6, 6.07) is 8.52. The number of aryl methyl sites for hydroxylation is 3. The fourth-order valence-electron chi connectivity index (χ4n) is 4.85. The maximum absolute atomic E-state index is 13.4. The van der Waals surface area contributed by atoms with Crippen LogP contribution in [0.2, 0.25) is 0 Å². The van der Waals surface area contributed by atoms with Gasteiger partial charge in [0.25, 0.3) is 5.56 Å². The van der Waals surface area contributed by atoms with Crippen LogP contribution in [0.5, 0.6) is 0 Å². The Hall–Kier alpha value is -2.83. The van der Waals surface area contributed by atoms with Gasteiger partial charge < -0.3 is 9.47 Å². The van der Waals surface area contributed by atoms with Crippen LogP contribution in [0.25, 0.3) is 11.2 Å². The molecule has 0 fully saturated rings. The van der Waals surface area contributed by atoms with Crippen molar-refractivity contribution in [2.24, 2.45) is 7.05 Å². The van der Waals surface area contributed by atoms with E-state index in [0.717, 1.165) is 56.8 Å². The summed E-state index contributed by atoms with van der Waals surface area (Å²) in [5.41, 5.74) is 2.91. The number of nitrogens with zero attached hydrogens (tertiary/aromatic N) is 5. The molecule has 1 aliphatic heterocycles. The predicted molar refractivity (Wildman–Crippen MR) is 135 cm³/mol. The third-order valence-electron chi connectivity index (χ3n) is 6.86. The third-order valence-corrected chi connectivity index (χ3v) is 6.86. The minimum absolute atomic E-state index is 0.207. The zero-order chi connectivity index (χ0) is 23.4. The highest BCUT2D eigenvalue weighted by atomic mass is 16.2. The summed E-state index contributed by atoms with van der Waals surface area (Å²) in [5.74, 6) is 0.751. The molecule has 3 aromatic rings. The Labute approximate surface area is 195 Å². The number of fused-ring (bicyclic) bond motifs is 3. The van der Waals surface area contributed by atoms with E-state index in [1.54, 1.807) is 11.6 Å². The molecule has 7 nitrogen and oxygen atoms in total. The second-order valence-electron chi connectivity index (χ2n) is 9.18. The van der Waals surface area contributed by atoms with Crippen LogP contribution in [0.15, 0.2) is 33.9 Å². The van der Waals surface area contributed by atoms with Gasteiger partial charge in [0, 0.05) is 32.4 Å². The fraction of sp³-hybridized carbons (Fsp3) is 0.577. The monoisotopic (exact) mass is 451 g/mol. The van der Waals surface area contributed by atoms with Crippen LogP contribution in [0.4, 0.5) is 11.6 Å². The zero-order valence-electron chi connectivity index (χ0n) is 20.3.